The average molecular weight is 396 g/mol. The Hall–Kier alpha value is -2.78. The van der Waals surface area contributed by atoms with Crippen LogP contribution in [0.15, 0.2) is 29.7 Å². The molecule has 0 saturated heterocycles. The molecule has 0 aliphatic heterocycles. The van der Waals surface area contributed by atoms with Gasteiger partial charge in [-0.3, -0.25) is 14.9 Å². The maximum absolute atomic E-state index is 12.0. The lowest BCUT2D eigenvalue weighted by atomic mass is 10.2. The number of aryl methyl sites for hydroxylation is 1. The van der Waals surface area contributed by atoms with E-state index >= 15 is 0 Å². The third kappa shape index (κ3) is 5.64. The van der Waals surface area contributed by atoms with E-state index in [2.05, 4.69) is 10.3 Å². The van der Waals surface area contributed by atoms with Gasteiger partial charge in [-0.1, -0.05) is 11.6 Å². The molecule has 0 spiro atoms. The van der Waals surface area contributed by atoms with Crippen LogP contribution in [-0.2, 0) is 9.53 Å². The van der Waals surface area contributed by atoms with Crippen molar-refractivity contribution in [3.8, 4) is 0 Å². The Morgan fingerprint density at radius 3 is 2.85 bits per heavy atom. The molecule has 0 aliphatic carbocycles. The van der Waals surface area contributed by atoms with Gasteiger partial charge in [-0.15, -0.1) is 11.3 Å². The monoisotopic (exact) mass is 395 g/mol. The van der Waals surface area contributed by atoms with Crippen LogP contribution in [-0.4, -0.2) is 34.9 Å². The van der Waals surface area contributed by atoms with Gasteiger partial charge in [-0.25, -0.2) is 9.78 Å². The van der Waals surface area contributed by atoms with Gasteiger partial charge in [0.05, 0.1) is 32.8 Å². The molecule has 0 saturated carbocycles. The van der Waals surface area contributed by atoms with E-state index in [0.29, 0.717) is 5.69 Å². The Kier molecular flexibility index (Phi) is 6.81. The molecule has 1 heterocycles. The number of nitrogens with one attached hydrogen (secondary N) is 1. The summed E-state index contributed by atoms with van der Waals surface area (Å²) in [7, 11) is 0. The lowest BCUT2D eigenvalue weighted by molar-refractivity contribution is -0.384. The fraction of sp³-hybridized carbons (Fsp3) is 0.188. The standard InChI is InChI=1S/C16H14ClN3O5S/c1-10-19-11(9-26-10)2-5-15(21)25-7-6-18-16(22)13-4-3-12(20(23)24)8-14(13)17/h2-5,8-9H,6-7H2,1H3,(H,18,22). The number of benzene rings is 1. The average Bonchev–Trinajstić information content (AvgIpc) is 3.02. The summed E-state index contributed by atoms with van der Waals surface area (Å²) in [5.74, 6) is -1.08. The van der Waals surface area contributed by atoms with Crippen molar-refractivity contribution in [3.63, 3.8) is 0 Å². The first-order chi connectivity index (χ1) is 12.4. The molecule has 2 aromatic rings. The van der Waals surface area contributed by atoms with Crippen molar-refractivity contribution in [1.82, 2.24) is 10.3 Å². The van der Waals surface area contributed by atoms with E-state index in [1.807, 2.05) is 12.3 Å². The van der Waals surface area contributed by atoms with Crippen molar-refractivity contribution < 1.29 is 19.2 Å². The van der Waals surface area contributed by atoms with Gasteiger partial charge in [0.25, 0.3) is 11.6 Å². The molecule has 136 valence electrons. The first kappa shape index (κ1) is 19.5. The number of nitrogens with zero attached hydrogens (tertiary/aromatic N) is 2. The van der Waals surface area contributed by atoms with Crippen LogP contribution in [0.25, 0.3) is 6.08 Å². The van der Waals surface area contributed by atoms with E-state index in [9.17, 15) is 19.7 Å². The molecule has 0 fully saturated rings. The molecule has 1 amide bonds. The maximum atomic E-state index is 12.0. The second kappa shape index (κ2) is 9.07. The normalized spacial score (nSPS) is 10.7. The van der Waals surface area contributed by atoms with Gasteiger partial charge >= 0.3 is 5.97 Å². The number of nitro groups is 1. The first-order valence-corrected chi connectivity index (χ1v) is 8.61. The minimum absolute atomic E-state index is 0.0321. The zero-order valence-corrected chi connectivity index (χ0v) is 15.2. The van der Waals surface area contributed by atoms with Crippen molar-refractivity contribution in [3.05, 3.63) is 61.1 Å². The predicted molar refractivity (Wildman–Crippen MR) is 97.3 cm³/mol. The van der Waals surface area contributed by atoms with Gasteiger partial charge in [0, 0.05) is 23.6 Å². The van der Waals surface area contributed by atoms with Crippen LogP contribution in [0.2, 0.25) is 5.02 Å². The molecule has 0 aliphatic rings. The van der Waals surface area contributed by atoms with Crippen LogP contribution in [0, 0.1) is 17.0 Å². The van der Waals surface area contributed by atoms with Crippen LogP contribution in [0.4, 0.5) is 5.69 Å². The van der Waals surface area contributed by atoms with Gasteiger partial charge in [-0.2, -0.15) is 0 Å². The number of carbonyl (C=O) groups excluding carboxylic acids is 2. The van der Waals surface area contributed by atoms with Crippen LogP contribution < -0.4 is 5.32 Å². The molecule has 8 nitrogen and oxygen atoms in total. The van der Waals surface area contributed by atoms with Crippen molar-refractivity contribution >= 4 is 46.6 Å². The van der Waals surface area contributed by atoms with Gasteiger partial charge in [-0.05, 0) is 19.1 Å². The summed E-state index contributed by atoms with van der Waals surface area (Å²) in [5, 5.41) is 15.8. The number of thiazole rings is 1. The Labute approximate surface area is 157 Å². The number of aromatic nitrogens is 1. The second-order valence-electron chi connectivity index (χ2n) is 4.97. The summed E-state index contributed by atoms with van der Waals surface area (Å²) >= 11 is 7.34. The highest BCUT2D eigenvalue weighted by atomic mass is 35.5. The predicted octanol–water partition coefficient (Wildman–Crippen LogP) is 3.00. The highest BCUT2D eigenvalue weighted by Crippen LogP contribution is 2.22. The summed E-state index contributed by atoms with van der Waals surface area (Å²) in [4.78, 5) is 37.8. The Bertz CT molecular complexity index is 865. The fourth-order valence-corrected chi connectivity index (χ4v) is 2.71. The van der Waals surface area contributed by atoms with Gasteiger partial charge in [0.15, 0.2) is 0 Å². The molecule has 1 aromatic carbocycles. The summed E-state index contributed by atoms with van der Waals surface area (Å²) in [6, 6.07) is 3.55. The molecule has 0 atom stereocenters. The number of nitro benzene ring substituents is 1. The third-order valence-corrected chi connectivity index (χ3v) is 4.17. The second-order valence-corrected chi connectivity index (χ2v) is 6.44. The van der Waals surface area contributed by atoms with E-state index in [1.165, 1.54) is 29.5 Å². The molecular weight excluding hydrogens is 382 g/mol. The minimum Gasteiger partial charge on any atom is -0.461 e. The molecule has 0 bridgehead atoms. The van der Waals surface area contributed by atoms with Crippen LogP contribution in [0.3, 0.4) is 0 Å². The fourth-order valence-electron chi connectivity index (χ4n) is 1.87. The zero-order valence-electron chi connectivity index (χ0n) is 13.6. The smallest absolute Gasteiger partial charge is 0.330 e. The van der Waals surface area contributed by atoms with Crippen molar-refractivity contribution in [1.29, 1.82) is 0 Å². The van der Waals surface area contributed by atoms with Gasteiger partial charge < -0.3 is 10.1 Å². The number of hydrogen-bond donors (Lipinski definition) is 1. The largest absolute Gasteiger partial charge is 0.461 e. The Morgan fingerprint density at radius 1 is 1.46 bits per heavy atom. The van der Waals surface area contributed by atoms with E-state index < -0.39 is 16.8 Å². The van der Waals surface area contributed by atoms with Crippen molar-refractivity contribution in [2.24, 2.45) is 0 Å². The number of esters is 1. The molecule has 1 aromatic heterocycles. The maximum Gasteiger partial charge on any atom is 0.330 e. The lowest BCUT2D eigenvalue weighted by Crippen LogP contribution is -2.28. The summed E-state index contributed by atoms with van der Waals surface area (Å²) in [6.07, 6.45) is 2.80. The summed E-state index contributed by atoms with van der Waals surface area (Å²) in [5.41, 5.74) is 0.565. The number of rotatable bonds is 7. The summed E-state index contributed by atoms with van der Waals surface area (Å²) < 4.78 is 4.95. The van der Waals surface area contributed by atoms with Crippen LogP contribution in [0.5, 0.6) is 0 Å². The van der Waals surface area contributed by atoms with E-state index in [-0.39, 0.29) is 29.4 Å². The van der Waals surface area contributed by atoms with Crippen LogP contribution >= 0.6 is 22.9 Å². The lowest BCUT2D eigenvalue weighted by Gasteiger charge is -2.07. The topological polar surface area (TPSA) is 111 Å². The third-order valence-electron chi connectivity index (χ3n) is 3.07. The number of hydrogen-bond acceptors (Lipinski definition) is 7. The summed E-state index contributed by atoms with van der Waals surface area (Å²) in [6.45, 7) is 1.90. The molecule has 10 heteroatoms. The van der Waals surface area contributed by atoms with E-state index in [1.54, 1.807) is 6.08 Å². The first-order valence-electron chi connectivity index (χ1n) is 7.36. The molecule has 0 radical (unpaired) electrons. The van der Waals surface area contributed by atoms with Crippen molar-refractivity contribution in [2.45, 2.75) is 6.92 Å². The molecule has 0 unspecified atom stereocenters. The molecule has 1 N–H and O–H groups in total. The van der Waals surface area contributed by atoms with E-state index in [0.717, 1.165) is 11.1 Å². The minimum atomic E-state index is -0.604. The molecular formula is C16H14ClN3O5S. The van der Waals surface area contributed by atoms with Crippen molar-refractivity contribution in [2.75, 3.05) is 13.2 Å². The van der Waals surface area contributed by atoms with E-state index in [4.69, 9.17) is 16.3 Å². The van der Waals surface area contributed by atoms with Crippen LogP contribution in [0.1, 0.15) is 21.1 Å². The number of amides is 1. The highest BCUT2D eigenvalue weighted by molar-refractivity contribution is 7.09. The Balaban J connectivity index is 1.77. The number of carbonyl (C=O) groups is 2. The zero-order chi connectivity index (χ0) is 19.1. The van der Waals surface area contributed by atoms with Gasteiger partial charge in [0.1, 0.15) is 6.61 Å². The quantitative estimate of drug-likeness (QED) is 0.253. The number of ether oxygens (including phenoxy) is 1. The molecule has 26 heavy (non-hydrogen) atoms. The van der Waals surface area contributed by atoms with Gasteiger partial charge in [0.2, 0.25) is 0 Å². The SMILES string of the molecule is Cc1nc(C=CC(=O)OCCNC(=O)c2ccc([N+](=O)[O-])cc2Cl)cs1. The number of halogens is 1. The number of non-ortho nitro benzene ring substituents is 1. The molecule has 2 rings (SSSR count). The highest BCUT2D eigenvalue weighted by Gasteiger charge is 2.14. The Morgan fingerprint density at radius 2 is 2.23 bits per heavy atom.